The summed E-state index contributed by atoms with van der Waals surface area (Å²) in [5.41, 5.74) is 0. The second-order valence-electron chi connectivity index (χ2n) is 10.7. The van der Waals surface area contributed by atoms with Crippen LogP contribution in [-0.4, -0.2) is 11.2 Å². The normalized spacial score (nSPS) is 12.5. The van der Waals surface area contributed by atoms with Crippen molar-refractivity contribution in [3.05, 3.63) is 0 Å². The second-order valence-corrected chi connectivity index (χ2v) is 10.7. The van der Waals surface area contributed by atoms with Gasteiger partial charge in [-0.1, -0.05) is 181 Å². The van der Waals surface area contributed by atoms with Crippen molar-refractivity contribution in [2.24, 2.45) is 0 Å². The molecular weight excluding hydrogens is 388 g/mol. The topological polar surface area (TPSA) is 20.2 Å². The lowest BCUT2D eigenvalue weighted by Crippen LogP contribution is -2.05. The predicted molar refractivity (Wildman–Crippen MR) is 147 cm³/mol. The zero-order valence-corrected chi connectivity index (χ0v) is 22.8. The van der Waals surface area contributed by atoms with E-state index in [1.54, 1.807) is 0 Å². The van der Waals surface area contributed by atoms with Gasteiger partial charge in [-0.05, 0) is 12.8 Å². The molecule has 0 aromatic heterocycles. The number of aliphatic hydroxyl groups is 1. The third-order valence-corrected chi connectivity index (χ3v) is 7.28. The standard InChI is InChI=1S/C31H64O/c1-3-5-7-9-11-13-15-16-17-18-20-22-24-26-28-30-31(32)29-27-25-23-21-19-14-12-10-8-6-4-2/h31-32H,3-30H2,1-2H3. The largest absolute Gasteiger partial charge is 0.393 e. The van der Waals surface area contributed by atoms with Gasteiger partial charge in [-0.15, -0.1) is 0 Å². The molecule has 0 aromatic rings. The molecule has 32 heavy (non-hydrogen) atoms. The lowest BCUT2D eigenvalue weighted by atomic mass is 10.0. The molecule has 1 atom stereocenters. The van der Waals surface area contributed by atoms with Crippen LogP contribution in [0.1, 0.15) is 194 Å². The molecular formula is C31H64O. The number of unbranched alkanes of at least 4 members (excludes halogenated alkanes) is 24. The Hall–Kier alpha value is -0.0400. The highest BCUT2D eigenvalue weighted by molar-refractivity contribution is 4.58. The van der Waals surface area contributed by atoms with E-state index in [-0.39, 0.29) is 6.10 Å². The first-order valence-electron chi connectivity index (χ1n) is 15.5. The van der Waals surface area contributed by atoms with Gasteiger partial charge in [0.2, 0.25) is 0 Å². The van der Waals surface area contributed by atoms with Crippen LogP contribution in [0.25, 0.3) is 0 Å². The molecule has 0 spiro atoms. The lowest BCUT2D eigenvalue weighted by Gasteiger charge is -2.10. The van der Waals surface area contributed by atoms with E-state index in [9.17, 15) is 5.11 Å². The molecule has 194 valence electrons. The van der Waals surface area contributed by atoms with E-state index in [1.165, 1.54) is 167 Å². The van der Waals surface area contributed by atoms with Gasteiger partial charge in [0.15, 0.2) is 0 Å². The SMILES string of the molecule is CCCCCCCCCCCCCCCCCC(O)CCCCCCCCCCCCC. The molecule has 0 fully saturated rings. The summed E-state index contributed by atoms with van der Waals surface area (Å²) in [4.78, 5) is 0. The number of rotatable bonds is 28. The maximum atomic E-state index is 10.2. The van der Waals surface area contributed by atoms with Crippen molar-refractivity contribution < 1.29 is 5.11 Å². The van der Waals surface area contributed by atoms with Crippen LogP contribution >= 0.6 is 0 Å². The first kappa shape index (κ1) is 32.0. The van der Waals surface area contributed by atoms with Gasteiger partial charge >= 0.3 is 0 Å². The van der Waals surface area contributed by atoms with E-state index in [0.717, 1.165) is 12.8 Å². The predicted octanol–water partition coefficient (Wildman–Crippen LogP) is 11.3. The molecule has 0 rings (SSSR count). The van der Waals surface area contributed by atoms with Crippen LogP contribution in [0.4, 0.5) is 0 Å². The van der Waals surface area contributed by atoms with Gasteiger partial charge < -0.3 is 5.11 Å². The van der Waals surface area contributed by atoms with Gasteiger partial charge in [0.1, 0.15) is 0 Å². The molecule has 1 N–H and O–H groups in total. The Balaban J connectivity index is 3.12. The number of hydrogen-bond acceptors (Lipinski definition) is 1. The van der Waals surface area contributed by atoms with Gasteiger partial charge in [0.05, 0.1) is 6.10 Å². The Bertz CT molecular complexity index is 314. The van der Waals surface area contributed by atoms with E-state index in [0.29, 0.717) is 0 Å². The zero-order chi connectivity index (χ0) is 23.4. The van der Waals surface area contributed by atoms with Crippen LogP contribution in [-0.2, 0) is 0 Å². The fourth-order valence-electron chi connectivity index (χ4n) is 4.94. The highest BCUT2D eigenvalue weighted by Gasteiger charge is 2.04. The summed E-state index contributed by atoms with van der Waals surface area (Å²) in [5, 5.41) is 10.2. The molecule has 0 aromatic carbocycles. The van der Waals surface area contributed by atoms with E-state index in [1.807, 2.05) is 0 Å². The third-order valence-electron chi connectivity index (χ3n) is 7.28. The average molecular weight is 453 g/mol. The molecule has 1 heteroatoms. The van der Waals surface area contributed by atoms with E-state index in [4.69, 9.17) is 0 Å². The monoisotopic (exact) mass is 452 g/mol. The quantitative estimate of drug-likeness (QED) is 0.117. The van der Waals surface area contributed by atoms with E-state index in [2.05, 4.69) is 13.8 Å². The molecule has 1 unspecified atom stereocenters. The van der Waals surface area contributed by atoms with Crippen molar-refractivity contribution >= 4 is 0 Å². The molecule has 0 saturated heterocycles. The van der Waals surface area contributed by atoms with E-state index >= 15 is 0 Å². The molecule has 0 radical (unpaired) electrons. The second kappa shape index (κ2) is 29.0. The molecule has 0 bridgehead atoms. The lowest BCUT2D eigenvalue weighted by molar-refractivity contribution is 0.147. The maximum Gasteiger partial charge on any atom is 0.0540 e. The molecule has 0 aliphatic rings. The van der Waals surface area contributed by atoms with Crippen LogP contribution in [0.2, 0.25) is 0 Å². The zero-order valence-electron chi connectivity index (χ0n) is 22.8. The highest BCUT2D eigenvalue weighted by atomic mass is 16.3. The summed E-state index contributed by atoms with van der Waals surface area (Å²) >= 11 is 0. The minimum Gasteiger partial charge on any atom is -0.393 e. The fraction of sp³-hybridized carbons (Fsp3) is 1.00. The van der Waals surface area contributed by atoms with Crippen molar-refractivity contribution in [3.8, 4) is 0 Å². The smallest absolute Gasteiger partial charge is 0.0540 e. The van der Waals surface area contributed by atoms with Crippen LogP contribution in [0.3, 0.4) is 0 Å². The highest BCUT2D eigenvalue weighted by Crippen LogP contribution is 2.16. The summed E-state index contributed by atoms with van der Waals surface area (Å²) in [6, 6.07) is 0. The van der Waals surface area contributed by atoms with Gasteiger partial charge in [-0.25, -0.2) is 0 Å². The van der Waals surface area contributed by atoms with Crippen molar-refractivity contribution in [1.29, 1.82) is 0 Å². The molecule has 0 aliphatic carbocycles. The van der Waals surface area contributed by atoms with Crippen molar-refractivity contribution in [3.63, 3.8) is 0 Å². The van der Waals surface area contributed by atoms with Gasteiger partial charge in [-0.3, -0.25) is 0 Å². The van der Waals surface area contributed by atoms with Gasteiger partial charge in [-0.2, -0.15) is 0 Å². The van der Waals surface area contributed by atoms with Crippen LogP contribution in [0.15, 0.2) is 0 Å². The van der Waals surface area contributed by atoms with Crippen molar-refractivity contribution in [2.45, 2.75) is 200 Å². The van der Waals surface area contributed by atoms with Gasteiger partial charge in [0.25, 0.3) is 0 Å². The van der Waals surface area contributed by atoms with E-state index < -0.39 is 0 Å². The Morgan fingerprint density at radius 1 is 0.312 bits per heavy atom. The molecule has 0 saturated carbocycles. The average Bonchev–Trinajstić information content (AvgIpc) is 2.80. The summed E-state index contributed by atoms with van der Waals surface area (Å²) in [6.07, 6.45) is 38.6. The maximum absolute atomic E-state index is 10.2. The first-order chi connectivity index (χ1) is 15.8. The summed E-state index contributed by atoms with van der Waals surface area (Å²) in [5.74, 6) is 0. The minimum atomic E-state index is -0.0319. The van der Waals surface area contributed by atoms with Crippen molar-refractivity contribution in [1.82, 2.24) is 0 Å². The third kappa shape index (κ3) is 28.0. The Morgan fingerprint density at radius 3 is 0.719 bits per heavy atom. The molecule has 0 heterocycles. The molecule has 0 amide bonds. The fourth-order valence-corrected chi connectivity index (χ4v) is 4.94. The molecule has 1 nitrogen and oxygen atoms in total. The summed E-state index contributed by atoms with van der Waals surface area (Å²) < 4.78 is 0. The molecule has 0 aliphatic heterocycles. The summed E-state index contributed by atoms with van der Waals surface area (Å²) in [6.45, 7) is 4.58. The van der Waals surface area contributed by atoms with Gasteiger partial charge in [0, 0.05) is 0 Å². The van der Waals surface area contributed by atoms with Crippen LogP contribution in [0.5, 0.6) is 0 Å². The Labute approximate surface area is 204 Å². The van der Waals surface area contributed by atoms with Crippen LogP contribution < -0.4 is 0 Å². The van der Waals surface area contributed by atoms with Crippen LogP contribution in [0, 0.1) is 0 Å². The number of aliphatic hydroxyl groups excluding tert-OH is 1. The summed E-state index contributed by atoms with van der Waals surface area (Å²) in [7, 11) is 0. The number of hydrogen-bond donors (Lipinski definition) is 1. The Kier molecular flexibility index (Phi) is 29.0. The Morgan fingerprint density at radius 2 is 0.500 bits per heavy atom. The minimum absolute atomic E-state index is 0.0319. The first-order valence-corrected chi connectivity index (χ1v) is 15.5. The van der Waals surface area contributed by atoms with Crippen molar-refractivity contribution in [2.75, 3.05) is 0 Å².